The summed E-state index contributed by atoms with van der Waals surface area (Å²) in [5.74, 6) is 1.57. The van der Waals surface area contributed by atoms with E-state index >= 15 is 0 Å². The quantitative estimate of drug-likeness (QED) is 0.714. The fraction of sp³-hybridized carbons (Fsp3) is 0.619. The molecule has 0 spiro atoms. The second kappa shape index (κ2) is 10.9. The van der Waals surface area contributed by atoms with E-state index in [1.807, 2.05) is 23.1 Å². The monoisotopic (exact) mass is 385 g/mol. The van der Waals surface area contributed by atoms with Crippen molar-refractivity contribution in [1.29, 1.82) is 0 Å². The van der Waals surface area contributed by atoms with Gasteiger partial charge in [0, 0.05) is 31.5 Å². The van der Waals surface area contributed by atoms with Crippen LogP contribution in [0.3, 0.4) is 0 Å². The largest absolute Gasteiger partial charge is 0.339 e. The van der Waals surface area contributed by atoms with E-state index in [0.717, 1.165) is 63.1 Å². The highest BCUT2D eigenvalue weighted by Gasteiger charge is 2.25. The molecule has 2 aromatic rings. The minimum Gasteiger partial charge on any atom is -0.339 e. The maximum atomic E-state index is 13.1. The zero-order valence-electron chi connectivity index (χ0n) is 16.8. The molecule has 0 bridgehead atoms. The van der Waals surface area contributed by atoms with Crippen LogP contribution in [0, 0.1) is 0 Å². The van der Waals surface area contributed by atoms with Gasteiger partial charge in [0.15, 0.2) is 5.82 Å². The summed E-state index contributed by atoms with van der Waals surface area (Å²) in [5, 5.41) is 7.41. The van der Waals surface area contributed by atoms with Gasteiger partial charge in [0.25, 0.3) is 0 Å². The van der Waals surface area contributed by atoms with Crippen LogP contribution in [0.15, 0.2) is 28.9 Å². The van der Waals surface area contributed by atoms with Gasteiger partial charge in [-0.1, -0.05) is 18.1 Å². The number of amides is 1. The molecule has 1 fully saturated rings. The first-order valence-corrected chi connectivity index (χ1v) is 10.5. The Hall–Kier alpha value is -2.28. The van der Waals surface area contributed by atoms with Crippen molar-refractivity contribution >= 4 is 5.91 Å². The highest BCUT2D eigenvalue weighted by molar-refractivity contribution is 5.76. The second-order valence-corrected chi connectivity index (χ2v) is 7.39. The molecular weight excluding hydrogens is 354 g/mol. The number of nitrogens with zero attached hydrogens (tertiary/aromatic N) is 4. The molecule has 152 valence electrons. The third-order valence-electron chi connectivity index (χ3n) is 5.13. The third-order valence-corrected chi connectivity index (χ3v) is 5.13. The van der Waals surface area contributed by atoms with Gasteiger partial charge in [-0.25, -0.2) is 0 Å². The van der Waals surface area contributed by atoms with Gasteiger partial charge in [-0.15, -0.1) is 0 Å². The Morgan fingerprint density at radius 2 is 2.21 bits per heavy atom. The molecule has 1 N–H and O–H groups in total. The number of carbonyl (C=O) groups excluding carboxylic acids is 1. The van der Waals surface area contributed by atoms with Gasteiger partial charge in [0.1, 0.15) is 0 Å². The van der Waals surface area contributed by atoms with Gasteiger partial charge in [0.2, 0.25) is 11.8 Å². The molecule has 1 saturated heterocycles. The molecule has 0 radical (unpaired) electrons. The van der Waals surface area contributed by atoms with Crippen molar-refractivity contribution in [3.05, 3.63) is 41.8 Å². The molecule has 3 rings (SSSR count). The Morgan fingerprint density at radius 1 is 1.29 bits per heavy atom. The lowest BCUT2D eigenvalue weighted by Gasteiger charge is -2.31. The molecular formula is C21H31N5O2. The van der Waals surface area contributed by atoms with Crippen molar-refractivity contribution in [2.75, 3.05) is 13.1 Å². The van der Waals surface area contributed by atoms with Crippen LogP contribution in [-0.4, -0.2) is 45.1 Å². The van der Waals surface area contributed by atoms with E-state index in [1.54, 1.807) is 6.20 Å². The molecule has 1 aliphatic rings. The summed E-state index contributed by atoms with van der Waals surface area (Å²) in [4.78, 5) is 23.9. The number of nitrogens with one attached hydrogen (secondary N) is 1. The van der Waals surface area contributed by atoms with Gasteiger partial charge >= 0.3 is 0 Å². The first-order valence-electron chi connectivity index (χ1n) is 10.5. The van der Waals surface area contributed by atoms with Crippen LogP contribution in [0.1, 0.15) is 62.9 Å². The van der Waals surface area contributed by atoms with Gasteiger partial charge in [0.05, 0.1) is 12.2 Å². The molecule has 1 amide bonds. The van der Waals surface area contributed by atoms with Crippen molar-refractivity contribution < 1.29 is 9.32 Å². The summed E-state index contributed by atoms with van der Waals surface area (Å²) in [6.45, 7) is 4.65. The molecule has 1 atom stereocenters. The summed E-state index contributed by atoms with van der Waals surface area (Å²) in [6.07, 6.45) is 8.59. The smallest absolute Gasteiger partial charge is 0.226 e. The topological polar surface area (TPSA) is 84.2 Å². The highest BCUT2D eigenvalue weighted by atomic mass is 16.5. The summed E-state index contributed by atoms with van der Waals surface area (Å²) < 4.78 is 5.28. The average Bonchev–Trinajstić information content (AvgIpc) is 2.98. The second-order valence-electron chi connectivity index (χ2n) is 7.39. The zero-order valence-corrected chi connectivity index (χ0v) is 16.8. The van der Waals surface area contributed by atoms with Gasteiger partial charge in [-0.2, -0.15) is 4.98 Å². The Labute approximate surface area is 166 Å². The lowest BCUT2D eigenvalue weighted by molar-refractivity contribution is -0.134. The SMILES string of the molecule is CCCc1noc(CCCC(=O)N(Cc2ccccn2)C2CCCNCC2)n1. The van der Waals surface area contributed by atoms with Crippen LogP contribution >= 0.6 is 0 Å². The summed E-state index contributed by atoms with van der Waals surface area (Å²) in [7, 11) is 0. The van der Waals surface area contributed by atoms with Gasteiger partial charge in [-0.05, 0) is 57.3 Å². The van der Waals surface area contributed by atoms with Crippen LogP contribution in [0.5, 0.6) is 0 Å². The molecule has 0 saturated carbocycles. The lowest BCUT2D eigenvalue weighted by atomic mass is 10.1. The first kappa shape index (κ1) is 20.5. The Balaban J connectivity index is 1.58. The van der Waals surface area contributed by atoms with Crippen molar-refractivity contribution in [1.82, 2.24) is 25.3 Å². The molecule has 0 aliphatic carbocycles. The summed E-state index contributed by atoms with van der Waals surface area (Å²) >= 11 is 0. The highest BCUT2D eigenvalue weighted by Crippen LogP contribution is 2.18. The van der Waals surface area contributed by atoms with E-state index in [9.17, 15) is 4.79 Å². The van der Waals surface area contributed by atoms with Crippen molar-refractivity contribution in [2.24, 2.45) is 0 Å². The fourth-order valence-corrected chi connectivity index (χ4v) is 3.65. The third kappa shape index (κ3) is 6.12. The van der Waals surface area contributed by atoms with Crippen LogP contribution in [-0.2, 0) is 24.2 Å². The fourth-order valence-electron chi connectivity index (χ4n) is 3.65. The minimum atomic E-state index is 0.186. The number of aromatic nitrogens is 3. The van der Waals surface area contributed by atoms with E-state index in [0.29, 0.717) is 25.3 Å². The van der Waals surface area contributed by atoms with Crippen molar-refractivity contribution in [3.63, 3.8) is 0 Å². The number of rotatable bonds is 9. The number of carbonyl (C=O) groups is 1. The van der Waals surface area contributed by atoms with E-state index in [1.165, 1.54) is 0 Å². The van der Waals surface area contributed by atoms with Crippen LogP contribution in [0.25, 0.3) is 0 Å². The molecule has 7 heteroatoms. The Morgan fingerprint density at radius 3 is 3.04 bits per heavy atom. The number of aryl methyl sites for hydroxylation is 2. The maximum absolute atomic E-state index is 13.1. The first-order chi connectivity index (χ1) is 13.8. The molecule has 1 unspecified atom stereocenters. The average molecular weight is 386 g/mol. The Bertz CT molecular complexity index is 711. The standard InChI is InChI=1S/C21H31N5O2/c1-2-7-19-24-20(28-25-19)10-5-11-21(27)26(16-17-8-3-4-14-23-17)18-9-6-13-22-15-12-18/h3-4,8,14,18,22H,2,5-7,9-13,15-16H2,1H3. The predicted octanol–water partition coefficient (Wildman–Crippen LogP) is 2.91. The van der Waals surface area contributed by atoms with Crippen LogP contribution < -0.4 is 5.32 Å². The van der Waals surface area contributed by atoms with E-state index in [4.69, 9.17) is 4.52 Å². The number of hydrogen-bond donors (Lipinski definition) is 1. The summed E-state index contributed by atoms with van der Waals surface area (Å²) in [6, 6.07) is 6.14. The number of pyridine rings is 1. The molecule has 28 heavy (non-hydrogen) atoms. The number of hydrogen-bond acceptors (Lipinski definition) is 6. The van der Waals surface area contributed by atoms with Crippen LogP contribution in [0.2, 0.25) is 0 Å². The van der Waals surface area contributed by atoms with Crippen molar-refractivity contribution in [2.45, 2.75) is 70.9 Å². The van der Waals surface area contributed by atoms with Crippen molar-refractivity contribution in [3.8, 4) is 0 Å². The van der Waals surface area contributed by atoms with E-state index in [-0.39, 0.29) is 11.9 Å². The molecule has 2 aromatic heterocycles. The minimum absolute atomic E-state index is 0.186. The van der Waals surface area contributed by atoms with E-state index in [2.05, 4.69) is 27.4 Å². The maximum Gasteiger partial charge on any atom is 0.226 e. The van der Waals surface area contributed by atoms with Gasteiger partial charge < -0.3 is 14.7 Å². The molecule has 1 aliphatic heterocycles. The normalized spacial score (nSPS) is 17.2. The van der Waals surface area contributed by atoms with Gasteiger partial charge in [-0.3, -0.25) is 9.78 Å². The lowest BCUT2D eigenvalue weighted by Crippen LogP contribution is -2.40. The molecule has 3 heterocycles. The molecule has 0 aromatic carbocycles. The predicted molar refractivity (Wildman–Crippen MR) is 107 cm³/mol. The van der Waals surface area contributed by atoms with Crippen LogP contribution in [0.4, 0.5) is 0 Å². The molecule has 7 nitrogen and oxygen atoms in total. The van der Waals surface area contributed by atoms with E-state index < -0.39 is 0 Å². The Kier molecular flexibility index (Phi) is 7.96. The zero-order chi connectivity index (χ0) is 19.6. The summed E-state index contributed by atoms with van der Waals surface area (Å²) in [5.41, 5.74) is 0.939.